The number of rotatable bonds is 4. The number of benzene rings is 1. The van der Waals surface area contributed by atoms with E-state index in [1.54, 1.807) is 0 Å². The smallest absolute Gasteiger partial charge is 0.309 e. The molecule has 0 spiro atoms. The Bertz CT molecular complexity index is 629. The Kier molecular flexibility index (Phi) is 3.71. The van der Waals surface area contributed by atoms with Crippen LogP contribution in [0, 0.1) is 5.82 Å². The number of nitrogens with zero attached hydrogens (tertiary/aromatic N) is 1. The van der Waals surface area contributed by atoms with Crippen molar-refractivity contribution in [3.05, 3.63) is 40.7 Å². The van der Waals surface area contributed by atoms with Gasteiger partial charge in [-0.15, -0.1) is 11.3 Å². The summed E-state index contributed by atoms with van der Waals surface area (Å²) in [6.45, 7) is 0.165. The topological polar surface area (TPSA) is 24.9 Å². The van der Waals surface area contributed by atoms with Crippen LogP contribution in [-0.4, -0.2) is 11.0 Å². The molecule has 1 N–H and O–H groups in total. The van der Waals surface area contributed by atoms with Crippen molar-refractivity contribution in [1.29, 1.82) is 0 Å². The molecule has 1 fully saturated rings. The maximum atomic E-state index is 13.0. The van der Waals surface area contributed by atoms with Crippen LogP contribution in [0.2, 0.25) is 0 Å². The summed E-state index contributed by atoms with van der Waals surface area (Å²) in [5.41, 5.74) is -0.357. The molecule has 1 heterocycles. The molecule has 0 amide bonds. The highest BCUT2D eigenvalue weighted by Crippen LogP contribution is 2.38. The average molecular weight is 316 g/mol. The molecule has 1 aromatic carbocycles. The van der Waals surface area contributed by atoms with Gasteiger partial charge in [0.05, 0.1) is 4.88 Å². The van der Waals surface area contributed by atoms with Crippen LogP contribution >= 0.6 is 11.3 Å². The zero-order valence-corrected chi connectivity index (χ0v) is 11.7. The molecule has 21 heavy (non-hydrogen) atoms. The fourth-order valence-electron chi connectivity index (χ4n) is 1.93. The first kappa shape index (κ1) is 14.5. The number of hydrogen-bond donors (Lipinski definition) is 1. The molecule has 7 heteroatoms. The minimum absolute atomic E-state index is 0.165. The Morgan fingerprint density at radius 2 is 1.86 bits per heavy atom. The third kappa shape index (κ3) is 3.41. The van der Waals surface area contributed by atoms with Crippen LogP contribution in [-0.2, 0) is 12.7 Å². The van der Waals surface area contributed by atoms with Gasteiger partial charge in [0, 0.05) is 18.2 Å². The van der Waals surface area contributed by atoms with Crippen LogP contribution in [0.5, 0.6) is 0 Å². The number of thiazole rings is 1. The summed E-state index contributed by atoms with van der Waals surface area (Å²) in [6, 6.07) is 5.62. The van der Waals surface area contributed by atoms with Crippen molar-refractivity contribution in [2.75, 3.05) is 0 Å². The van der Waals surface area contributed by atoms with Gasteiger partial charge in [0.2, 0.25) is 0 Å². The first-order valence-electron chi connectivity index (χ1n) is 6.50. The lowest BCUT2D eigenvalue weighted by molar-refractivity contribution is -0.141. The average Bonchev–Trinajstić information content (AvgIpc) is 3.14. The summed E-state index contributed by atoms with van der Waals surface area (Å²) in [6.07, 6.45) is -2.47. The van der Waals surface area contributed by atoms with Crippen molar-refractivity contribution >= 4 is 11.3 Å². The van der Waals surface area contributed by atoms with Gasteiger partial charge < -0.3 is 5.32 Å². The molecule has 1 aliphatic rings. The van der Waals surface area contributed by atoms with E-state index in [4.69, 9.17) is 0 Å². The van der Waals surface area contributed by atoms with Gasteiger partial charge in [0.1, 0.15) is 10.8 Å². The lowest BCUT2D eigenvalue weighted by Crippen LogP contribution is -2.18. The van der Waals surface area contributed by atoms with Gasteiger partial charge >= 0.3 is 6.18 Å². The predicted octanol–water partition coefficient (Wildman–Crippen LogP) is 4.22. The van der Waals surface area contributed by atoms with Crippen molar-refractivity contribution in [2.24, 2.45) is 0 Å². The van der Waals surface area contributed by atoms with Crippen molar-refractivity contribution in [3.63, 3.8) is 0 Å². The quantitative estimate of drug-likeness (QED) is 0.854. The van der Waals surface area contributed by atoms with Crippen LogP contribution in [0.25, 0.3) is 10.6 Å². The van der Waals surface area contributed by atoms with E-state index in [-0.39, 0.29) is 16.4 Å². The number of halogens is 4. The highest BCUT2D eigenvalue weighted by molar-refractivity contribution is 7.15. The molecular formula is C14H12F4N2S. The summed E-state index contributed by atoms with van der Waals surface area (Å²) >= 11 is 0.999. The summed E-state index contributed by atoms with van der Waals surface area (Å²) in [7, 11) is 0. The maximum absolute atomic E-state index is 13.0. The molecule has 112 valence electrons. The fourth-order valence-corrected chi connectivity index (χ4v) is 2.97. The number of alkyl halides is 3. The van der Waals surface area contributed by atoms with Gasteiger partial charge in [-0.25, -0.2) is 9.37 Å². The molecular weight excluding hydrogens is 304 g/mol. The Morgan fingerprint density at radius 3 is 2.43 bits per heavy atom. The minimum atomic E-state index is -4.48. The van der Waals surface area contributed by atoms with Gasteiger partial charge in [-0.2, -0.15) is 13.2 Å². The van der Waals surface area contributed by atoms with Crippen molar-refractivity contribution in [1.82, 2.24) is 10.3 Å². The summed E-state index contributed by atoms with van der Waals surface area (Å²) < 4.78 is 52.0. The summed E-state index contributed by atoms with van der Waals surface area (Å²) in [5.74, 6) is -0.429. The van der Waals surface area contributed by atoms with Gasteiger partial charge in [-0.3, -0.25) is 0 Å². The molecule has 1 aliphatic carbocycles. The molecule has 0 bridgehead atoms. The maximum Gasteiger partial charge on any atom is 0.434 e. The zero-order valence-electron chi connectivity index (χ0n) is 10.9. The van der Waals surface area contributed by atoms with E-state index in [1.165, 1.54) is 24.3 Å². The van der Waals surface area contributed by atoms with Crippen LogP contribution in [0.3, 0.4) is 0 Å². The molecule has 0 unspecified atom stereocenters. The van der Waals surface area contributed by atoms with Crippen LogP contribution < -0.4 is 5.32 Å². The molecule has 2 aromatic rings. The third-order valence-corrected chi connectivity index (χ3v) is 4.29. The first-order valence-corrected chi connectivity index (χ1v) is 7.31. The lowest BCUT2D eigenvalue weighted by atomic mass is 10.2. The Morgan fingerprint density at radius 1 is 1.19 bits per heavy atom. The second-order valence-electron chi connectivity index (χ2n) is 4.95. The molecule has 0 atom stereocenters. The Balaban J connectivity index is 1.91. The fraction of sp³-hybridized carbons (Fsp3) is 0.357. The molecule has 0 radical (unpaired) electrons. The molecule has 0 aliphatic heterocycles. The Labute approximate surface area is 122 Å². The van der Waals surface area contributed by atoms with E-state index >= 15 is 0 Å². The van der Waals surface area contributed by atoms with E-state index in [0.717, 1.165) is 24.2 Å². The van der Waals surface area contributed by atoms with Crippen LogP contribution in [0.4, 0.5) is 17.6 Å². The van der Waals surface area contributed by atoms with Gasteiger partial charge in [0.15, 0.2) is 5.69 Å². The highest BCUT2D eigenvalue weighted by atomic mass is 32.1. The number of hydrogen-bond acceptors (Lipinski definition) is 3. The first-order chi connectivity index (χ1) is 9.93. The van der Waals surface area contributed by atoms with E-state index in [1.807, 2.05) is 0 Å². The number of nitrogens with one attached hydrogen (secondary N) is 1. The zero-order chi connectivity index (χ0) is 15.0. The van der Waals surface area contributed by atoms with E-state index < -0.39 is 17.7 Å². The van der Waals surface area contributed by atoms with Gasteiger partial charge in [0.25, 0.3) is 0 Å². The summed E-state index contributed by atoms with van der Waals surface area (Å²) in [4.78, 5) is 3.89. The van der Waals surface area contributed by atoms with Crippen molar-refractivity contribution in [3.8, 4) is 10.6 Å². The molecule has 3 rings (SSSR count). The molecule has 1 aromatic heterocycles. The monoisotopic (exact) mass is 316 g/mol. The lowest BCUT2D eigenvalue weighted by Gasteiger charge is -2.06. The minimum Gasteiger partial charge on any atom is -0.309 e. The SMILES string of the molecule is Fc1ccc(-c2nc(C(F)(F)F)c(CNC3CC3)s2)cc1. The van der Waals surface area contributed by atoms with Gasteiger partial charge in [-0.05, 0) is 37.1 Å². The van der Waals surface area contributed by atoms with Crippen LogP contribution in [0.1, 0.15) is 23.4 Å². The Hall–Kier alpha value is -1.47. The van der Waals surface area contributed by atoms with Crippen molar-refractivity contribution in [2.45, 2.75) is 31.6 Å². The second kappa shape index (κ2) is 5.38. The molecule has 0 saturated heterocycles. The van der Waals surface area contributed by atoms with E-state index in [0.29, 0.717) is 11.6 Å². The molecule has 2 nitrogen and oxygen atoms in total. The normalized spacial score (nSPS) is 15.4. The van der Waals surface area contributed by atoms with Crippen LogP contribution in [0.15, 0.2) is 24.3 Å². The van der Waals surface area contributed by atoms with Gasteiger partial charge in [-0.1, -0.05) is 0 Å². The van der Waals surface area contributed by atoms with E-state index in [9.17, 15) is 17.6 Å². The largest absolute Gasteiger partial charge is 0.434 e. The molecule has 1 saturated carbocycles. The second-order valence-corrected chi connectivity index (χ2v) is 6.03. The third-order valence-electron chi connectivity index (χ3n) is 3.19. The highest BCUT2D eigenvalue weighted by Gasteiger charge is 2.37. The number of aromatic nitrogens is 1. The standard InChI is InChI=1S/C14H12F4N2S/c15-9-3-1-8(2-4-9)13-20-12(14(16,17)18)11(21-13)7-19-10-5-6-10/h1-4,10,19H,5-7H2. The summed E-state index contributed by atoms with van der Waals surface area (Å²) in [5, 5.41) is 3.33. The van der Waals surface area contributed by atoms with E-state index in [2.05, 4.69) is 10.3 Å². The van der Waals surface area contributed by atoms with Crippen molar-refractivity contribution < 1.29 is 17.6 Å². The predicted molar refractivity (Wildman–Crippen MR) is 72.4 cm³/mol.